The molecule has 4 N–H and O–H groups in total. The second-order valence-electron chi connectivity index (χ2n) is 7.11. The highest BCUT2D eigenvalue weighted by atomic mass is 32.2. The SMILES string of the molecule is Cc1ccc(S(=O)(=O)N[C@H](Cc2ccccc2)C(=O)Nc2ccc(C(N)=O)cc2)cc1. The molecule has 7 nitrogen and oxygen atoms in total. The molecule has 0 fully saturated rings. The van der Waals surface area contributed by atoms with Crippen molar-refractivity contribution < 1.29 is 18.0 Å². The van der Waals surface area contributed by atoms with Gasteiger partial charge in [-0.2, -0.15) is 4.72 Å². The van der Waals surface area contributed by atoms with Gasteiger partial charge < -0.3 is 11.1 Å². The summed E-state index contributed by atoms with van der Waals surface area (Å²) in [5, 5.41) is 2.69. The maximum Gasteiger partial charge on any atom is 0.248 e. The minimum absolute atomic E-state index is 0.0785. The molecule has 0 aliphatic carbocycles. The fourth-order valence-corrected chi connectivity index (χ4v) is 4.15. The number of carbonyl (C=O) groups excluding carboxylic acids is 2. The number of hydrogen-bond donors (Lipinski definition) is 3. The molecule has 0 aliphatic heterocycles. The van der Waals surface area contributed by atoms with Gasteiger partial charge in [0.25, 0.3) is 0 Å². The number of primary amides is 1. The van der Waals surface area contributed by atoms with Gasteiger partial charge in [-0.3, -0.25) is 9.59 Å². The normalized spacial score (nSPS) is 12.2. The largest absolute Gasteiger partial charge is 0.366 e. The Bertz CT molecular complexity index is 1160. The van der Waals surface area contributed by atoms with Gasteiger partial charge in [-0.1, -0.05) is 48.0 Å². The van der Waals surface area contributed by atoms with Gasteiger partial charge >= 0.3 is 0 Å². The predicted molar refractivity (Wildman–Crippen MR) is 119 cm³/mol. The van der Waals surface area contributed by atoms with Crippen molar-refractivity contribution in [1.82, 2.24) is 4.72 Å². The van der Waals surface area contributed by atoms with E-state index in [9.17, 15) is 18.0 Å². The summed E-state index contributed by atoms with van der Waals surface area (Å²) < 4.78 is 28.3. The molecule has 0 unspecified atom stereocenters. The molecule has 1 atom stereocenters. The van der Waals surface area contributed by atoms with E-state index in [0.29, 0.717) is 11.3 Å². The summed E-state index contributed by atoms with van der Waals surface area (Å²) in [5.74, 6) is -1.10. The van der Waals surface area contributed by atoms with E-state index in [4.69, 9.17) is 5.73 Å². The molecule has 0 heterocycles. The van der Waals surface area contributed by atoms with Crippen molar-refractivity contribution in [2.24, 2.45) is 5.73 Å². The second-order valence-corrected chi connectivity index (χ2v) is 8.82. The number of sulfonamides is 1. The minimum atomic E-state index is -3.92. The molecular weight excluding hydrogens is 414 g/mol. The Morgan fingerprint density at radius 1 is 0.903 bits per heavy atom. The van der Waals surface area contributed by atoms with Gasteiger partial charge in [0, 0.05) is 11.3 Å². The predicted octanol–water partition coefficient (Wildman–Crippen LogP) is 2.62. The Kier molecular flexibility index (Phi) is 6.84. The molecule has 0 aromatic heterocycles. The summed E-state index contributed by atoms with van der Waals surface area (Å²) in [4.78, 5) is 24.3. The molecule has 3 rings (SSSR count). The summed E-state index contributed by atoms with van der Waals surface area (Å²) >= 11 is 0. The van der Waals surface area contributed by atoms with Crippen molar-refractivity contribution in [2.75, 3.05) is 5.32 Å². The smallest absolute Gasteiger partial charge is 0.248 e. The van der Waals surface area contributed by atoms with E-state index in [2.05, 4.69) is 10.0 Å². The van der Waals surface area contributed by atoms with Gasteiger partial charge in [-0.15, -0.1) is 0 Å². The fourth-order valence-electron chi connectivity index (χ4n) is 2.96. The van der Waals surface area contributed by atoms with Crippen LogP contribution in [0.4, 0.5) is 5.69 Å². The molecule has 2 amide bonds. The third-order valence-electron chi connectivity index (χ3n) is 4.66. The number of nitrogens with one attached hydrogen (secondary N) is 2. The van der Waals surface area contributed by atoms with Gasteiger partial charge in [0.2, 0.25) is 21.8 Å². The van der Waals surface area contributed by atoms with E-state index < -0.39 is 27.9 Å². The van der Waals surface area contributed by atoms with Crippen molar-refractivity contribution in [3.05, 3.63) is 95.6 Å². The zero-order valence-electron chi connectivity index (χ0n) is 16.9. The van der Waals surface area contributed by atoms with Crippen molar-refractivity contribution in [1.29, 1.82) is 0 Å². The molecule has 0 saturated carbocycles. The Morgan fingerprint density at radius 3 is 2.10 bits per heavy atom. The number of nitrogens with two attached hydrogens (primary N) is 1. The van der Waals surface area contributed by atoms with Crippen molar-refractivity contribution in [3.8, 4) is 0 Å². The standard InChI is InChI=1S/C23H23N3O4S/c1-16-7-13-20(14-8-16)31(29,30)26-21(15-17-5-3-2-4-6-17)23(28)25-19-11-9-18(10-12-19)22(24)27/h2-14,21,26H,15H2,1H3,(H2,24,27)(H,25,28)/t21-/m1/s1. The first kappa shape index (κ1) is 22.2. The van der Waals surface area contributed by atoms with Crippen LogP contribution >= 0.6 is 0 Å². The Hall–Kier alpha value is -3.49. The average Bonchev–Trinajstić information content (AvgIpc) is 2.74. The van der Waals surface area contributed by atoms with E-state index in [-0.39, 0.29) is 11.3 Å². The van der Waals surface area contributed by atoms with E-state index in [1.165, 1.54) is 36.4 Å². The van der Waals surface area contributed by atoms with Crippen molar-refractivity contribution in [3.63, 3.8) is 0 Å². The molecule has 160 valence electrons. The van der Waals surface area contributed by atoms with E-state index in [1.54, 1.807) is 12.1 Å². The molecular formula is C23H23N3O4S. The van der Waals surface area contributed by atoms with Crippen molar-refractivity contribution >= 4 is 27.5 Å². The lowest BCUT2D eigenvalue weighted by Gasteiger charge is -2.19. The Labute approximate surface area is 181 Å². The van der Waals surface area contributed by atoms with Crippen LogP contribution in [0.25, 0.3) is 0 Å². The Morgan fingerprint density at radius 2 is 1.52 bits per heavy atom. The molecule has 0 aliphatic rings. The van der Waals surface area contributed by atoms with Gasteiger partial charge in [0.1, 0.15) is 6.04 Å². The van der Waals surface area contributed by atoms with Gasteiger partial charge in [-0.05, 0) is 55.3 Å². The van der Waals surface area contributed by atoms with Gasteiger partial charge in [0.15, 0.2) is 0 Å². The molecule has 3 aromatic carbocycles. The van der Waals surface area contributed by atoms with Crippen molar-refractivity contribution in [2.45, 2.75) is 24.3 Å². The number of rotatable bonds is 8. The fraction of sp³-hybridized carbons (Fsp3) is 0.130. The van der Waals surface area contributed by atoms with Crippen LogP contribution in [0, 0.1) is 6.92 Å². The van der Waals surface area contributed by atoms with Crippen LogP contribution < -0.4 is 15.8 Å². The number of benzene rings is 3. The lowest BCUT2D eigenvalue weighted by Crippen LogP contribution is -2.45. The maximum absolute atomic E-state index is 13.0. The number of amides is 2. The number of hydrogen-bond acceptors (Lipinski definition) is 4. The first-order valence-corrected chi connectivity index (χ1v) is 11.1. The highest BCUT2D eigenvalue weighted by Crippen LogP contribution is 2.15. The van der Waals surface area contributed by atoms with E-state index in [0.717, 1.165) is 11.1 Å². The zero-order valence-corrected chi connectivity index (χ0v) is 17.7. The summed E-state index contributed by atoms with van der Waals surface area (Å²) in [6, 6.07) is 20.5. The topological polar surface area (TPSA) is 118 Å². The van der Waals surface area contributed by atoms with Crippen LogP contribution in [-0.2, 0) is 21.2 Å². The number of aryl methyl sites for hydroxylation is 1. The molecule has 31 heavy (non-hydrogen) atoms. The molecule has 0 spiro atoms. The number of carbonyl (C=O) groups is 2. The van der Waals surface area contributed by atoms with Gasteiger partial charge in [-0.25, -0.2) is 8.42 Å². The second kappa shape index (κ2) is 9.55. The molecule has 0 radical (unpaired) electrons. The summed E-state index contributed by atoms with van der Waals surface area (Å²) in [5.41, 5.74) is 7.69. The lowest BCUT2D eigenvalue weighted by atomic mass is 10.1. The third kappa shape index (κ3) is 6.00. The van der Waals surface area contributed by atoms with Crippen LogP contribution in [-0.4, -0.2) is 26.3 Å². The van der Waals surface area contributed by atoms with E-state index in [1.807, 2.05) is 37.3 Å². The highest BCUT2D eigenvalue weighted by Gasteiger charge is 2.26. The van der Waals surface area contributed by atoms with Crippen LogP contribution in [0.5, 0.6) is 0 Å². The number of anilines is 1. The van der Waals surface area contributed by atoms with Crippen LogP contribution in [0.15, 0.2) is 83.8 Å². The third-order valence-corrected chi connectivity index (χ3v) is 6.15. The maximum atomic E-state index is 13.0. The summed E-state index contributed by atoms with van der Waals surface area (Å²) in [6.45, 7) is 1.86. The zero-order chi connectivity index (χ0) is 22.4. The lowest BCUT2D eigenvalue weighted by molar-refractivity contribution is -0.117. The first-order chi connectivity index (χ1) is 14.7. The average molecular weight is 438 g/mol. The van der Waals surface area contributed by atoms with E-state index >= 15 is 0 Å². The van der Waals surface area contributed by atoms with Crippen LogP contribution in [0.2, 0.25) is 0 Å². The van der Waals surface area contributed by atoms with Crippen LogP contribution in [0.1, 0.15) is 21.5 Å². The monoisotopic (exact) mass is 437 g/mol. The van der Waals surface area contributed by atoms with Crippen LogP contribution in [0.3, 0.4) is 0 Å². The first-order valence-electron chi connectivity index (χ1n) is 9.58. The molecule has 3 aromatic rings. The molecule has 0 bridgehead atoms. The summed E-state index contributed by atoms with van der Waals surface area (Å²) in [7, 11) is -3.92. The highest BCUT2D eigenvalue weighted by molar-refractivity contribution is 7.89. The quantitative estimate of drug-likeness (QED) is 0.502. The minimum Gasteiger partial charge on any atom is -0.366 e. The summed E-state index contributed by atoms with van der Waals surface area (Å²) in [6.07, 6.45) is 0.164. The molecule has 8 heteroatoms. The Balaban J connectivity index is 1.83. The van der Waals surface area contributed by atoms with Gasteiger partial charge in [0.05, 0.1) is 4.90 Å². The molecule has 0 saturated heterocycles.